The Morgan fingerprint density at radius 3 is 1.04 bits per heavy atom. The van der Waals surface area contributed by atoms with Crippen molar-refractivity contribution in [1.29, 1.82) is 0 Å². The molecule has 0 saturated carbocycles. The third kappa shape index (κ3) is 13.4. The number of rotatable bonds is 18. The van der Waals surface area contributed by atoms with Crippen molar-refractivity contribution in [3.63, 3.8) is 0 Å². The van der Waals surface area contributed by atoms with Crippen molar-refractivity contribution in [2.24, 2.45) is 0 Å². The van der Waals surface area contributed by atoms with E-state index in [1.165, 1.54) is 88.9 Å². The zero-order chi connectivity index (χ0) is 73.9. The first kappa shape index (κ1) is 73.2. The summed E-state index contributed by atoms with van der Waals surface area (Å²) in [4.78, 5) is 19.9. The number of nitrogens with zero attached hydrogens (tertiary/aromatic N) is 10. The van der Waals surface area contributed by atoms with E-state index in [9.17, 15) is 0 Å². The van der Waals surface area contributed by atoms with Crippen LogP contribution in [-0.2, 0) is 21.1 Å². The van der Waals surface area contributed by atoms with Crippen LogP contribution in [0.2, 0.25) is 0 Å². The SMILES string of the molecule is CC(C)c1cccc(C(C)C)c1-n1ccnc1-c1[c-]c(-n2c3[c-]c(-c4nccn4-c4c(C(C)C)cccc4C(C)C)ccc3c3ccccc32)ccc1.CC(C)c1cccc(C(C)C)c1-n1ccnc1-c1cccc(-n2c3ccccc3c3ccc(-c4nccn4-c4c(C(C)C)cccc4C(C)C)cc32)c1.[Pt+2]. The molecule has 0 unspecified atom stereocenters. The van der Waals surface area contributed by atoms with Gasteiger partial charge >= 0.3 is 21.1 Å². The molecule has 0 radical (unpaired) electrons. The van der Waals surface area contributed by atoms with Crippen molar-refractivity contribution < 1.29 is 21.1 Å². The van der Waals surface area contributed by atoms with Gasteiger partial charge in [-0.2, -0.15) is 0 Å². The summed E-state index contributed by atoms with van der Waals surface area (Å²) in [6.07, 6.45) is 16.1. The molecule has 0 amide bonds. The van der Waals surface area contributed by atoms with E-state index in [2.05, 4.69) is 369 Å². The van der Waals surface area contributed by atoms with Crippen molar-refractivity contribution in [3.8, 4) is 79.7 Å². The Morgan fingerprint density at radius 2 is 0.607 bits per heavy atom. The zero-order valence-corrected chi connectivity index (χ0v) is 66.8. The molecule has 0 aliphatic heterocycles. The van der Waals surface area contributed by atoms with Gasteiger partial charge in [0.25, 0.3) is 0 Å². The molecular weight excluding hydrogens is 1490 g/mol. The van der Waals surface area contributed by atoms with Crippen LogP contribution in [0, 0.1) is 12.1 Å². The normalized spacial score (nSPS) is 12.0. The van der Waals surface area contributed by atoms with E-state index in [1.54, 1.807) is 0 Å². The van der Waals surface area contributed by atoms with Gasteiger partial charge in [-0.15, -0.1) is 53.6 Å². The van der Waals surface area contributed by atoms with E-state index in [-0.39, 0.29) is 21.1 Å². The predicted molar refractivity (Wildman–Crippen MR) is 442 cm³/mol. The Labute approximate surface area is 645 Å². The van der Waals surface area contributed by atoms with E-state index in [1.807, 2.05) is 24.8 Å². The van der Waals surface area contributed by atoms with Gasteiger partial charge in [0, 0.05) is 94.1 Å². The van der Waals surface area contributed by atoms with Crippen LogP contribution in [-0.4, -0.2) is 47.3 Å². The molecule has 0 bridgehead atoms. The Kier molecular flexibility index (Phi) is 20.7. The molecule has 6 heterocycles. The number of para-hydroxylation sites is 6. The van der Waals surface area contributed by atoms with E-state index < -0.39 is 0 Å². The topological polar surface area (TPSA) is 81.1 Å². The molecule has 10 aromatic carbocycles. The molecule has 16 aromatic rings. The van der Waals surface area contributed by atoms with Gasteiger partial charge in [-0.1, -0.05) is 250 Å². The number of benzene rings is 10. The molecule has 0 aliphatic rings. The van der Waals surface area contributed by atoms with Gasteiger partial charge in [0.15, 0.2) is 0 Å². The molecule has 540 valence electrons. The van der Waals surface area contributed by atoms with Gasteiger partial charge in [0.1, 0.15) is 11.6 Å². The third-order valence-electron chi connectivity index (χ3n) is 21.3. The standard InChI is InChI=1S/C48H49N5.C48H47N5.Pt/c2*1-30(2)37-17-12-18-38(31(3)4)45(37)51-26-24-49-47(51)34-14-11-15-36(28-34)53-43-21-10-9-16-41(43)42-23-22-35(29-44(42)53)48-50-25-27-52(48)46-39(32(5)6)19-13-20-40(46)33(7)8;/h9-33H,1-8H3;9-27,30-33H,1-8H3;/q;-2;+2. The molecule has 0 atom stereocenters. The molecule has 10 nitrogen and oxygen atoms in total. The van der Waals surface area contributed by atoms with Gasteiger partial charge in [0.05, 0.1) is 34.1 Å². The largest absolute Gasteiger partial charge is 2.00 e. The number of hydrogen-bond acceptors (Lipinski definition) is 4. The summed E-state index contributed by atoms with van der Waals surface area (Å²) in [5, 5.41) is 4.76. The van der Waals surface area contributed by atoms with Crippen LogP contribution in [0.3, 0.4) is 0 Å². The molecule has 0 spiro atoms. The molecular formula is C96H96N10Pt. The average molecular weight is 1580 g/mol. The molecule has 0 aliphatic carbocycles. The van der Waals surface area contributed by atoms with Gasteiger partial charge < -0.3 is 18.3 Å². The van der Waals surface area contributed by atoms with Crippen molar-refractivity contribution in [2.75, 3.05) is 0 Å². The molecule has 6 aromatic heterocycles. The van der Waals surface area contributed by atoms with Crippen LogP contribution in [0.1, 0.15) is 203 Å². The summed E-state index contributed by atoms with van der Waals surface area (Å²) in [6, 6.07) is 78.3. The molecule has 11 heteroatoms. The van der Waals surface area contributed by atoms with Crippen molar-refractivity contribution in [1.82, 2.24) is 47.3 Å². The van der Waals surface area contributed by atoms with Gasteiger partial charge in [-0.3, -0.25) is 19.1 Å². The maximum absolute atomic E-state index is 4.99. The summed E-state index contributed by atoms with van der Waals surface area (Å²) in [5.74, 6) is 6.60. The molecule has 0 saturated heterocycles. The third-order valence-corrected chi connectivity index (χ3v) is 21.3. The van der Waals surface area contributed by atoms with Gasteiger partial charge in [-0.25, -0.2) is 9.97 Å². The minimum Gasteiger partial charge on any atom is -0.346 e. The summed E-state index contributed by atoms with van der Waals surface area (Å²) in [7, 11) is 0. The van der Waals surface area contributed by atoms with Crippen LogP contribution in [0.25, 0.3) is 123 Å². The van der Waals surface area contributed by atoms with Crippen molar-refractivity contribution in [3.05, 3.63) is 300 Å². The van der Waals surface area contributed by atoms with E-state index in [0.29, 0.717) is 47.3 Å². The van der Waals surface area contributed by atoms with Gasteiger partial charge in [-0.05, 0) is 139 Å². The first-order valence-electron chi connectivity index (χ1n) is 38.1. The van der Waals surface area contributed by atoms with Gasteiger partial charge in [0.2, 0.25) is 0 Å². The van der Waals surface area contributed by atoms with Crippen LogP contribution < -0.4 is 0 Å². The first-order chi connectivity index (χ1) is 51.3. The Hall–Kier alpha value is -10.7. The molecule has 0 fully saturated rings. The maximum atomic E-state index is 4.99. The second kappa shape index (κ2) is 30.3. The Morgan fingerprint density at radius 1 is 0.271 bits per heavy atom. The second-order valence-corrected chi connectivity index (χ2v) is 30.9. The minimum absolute atomic E-state index is 0. The summed E-state index contributed by atoms with van der Waals surface area (Å²) in [6.45, 7) is 36.3. The first-order valence-corrected chi connectivity index (χ1v) is 38.1. The quantitative estimate of drug-likeness (QED) is 0.0802. The van der Waals surface area contributed by atoms with Crippen LogP contribution >= 0.6 is 0 Å². The molecule has 0 N–H and O–H groups in total. The fraction of sp³-hybridized carbons (Fsp3) is 0.250. The number of aromatic nitrogens is 10. The van der Waals surface area contributed by atoms with Crippen LogP contribution in [0.5, 0.6) is 0 Å². The minimum atomic E-state index is 0. The Balaban J connectivity index is 0.000000178. The monoisotopic (exact) mass is 1580 g/mol. The number of hydrogen-bond donors (Lipinski definition) is 0. The van der Waals surface area contributed by atoms with Crippen LogP contribution in [0.15, 0.2) is 244 Å². The number of imidazole rings is 4. The van der Waals surface area contributed by atoms with E-state index in [0.717, 1.165) is 78.9 Å². The Bertz CT molecular complexity index is 5440. The molecule has 16 rings (SSSR count). The summed E-state index contributed by atoms with van der Waals surface area (Å²) < 4.78 is 13.8. The van der Waals surface area contributed by atoms with Crippen molar-refractivity contribution >= 4 is 43.6 Å². The van der Waals surface area contributed by atoms with E-state index in [4.69, 9.17) is 19.9 Å². The molecule has 107 heavy (non-hydrogen) atoms. The smallest absolute Gasteiger partial charge is 0.346 e. The van der Waals surface area contributed by atoms with Crippen LogP contribution in [0.4, 0.5) is 0 Å². The average Bonchev–Trinajstić information content (AvgIpc) is 1.59. The number of fused-ring (bicyclic) bond motifs is 6. The zero-order valence-electron chi connectivity index (χ0n) is 64.5. The summed E-state index contributed by atoms with van der Waals surface area (Å²) in [5.41, 5.74) is 26.0. The second-order valence-electron chi connectivity index (χ2n) is 30.9. The fourth-order valence-electron chi connectivity index (χ4n) is 16.1. The summed E-state index contributed by atoms with van der Waals surface area (Å²) >= 11 is 0. The predicted octanol–water partition coefficient (Wildman–Crippen LogP) is 25.6. The fourth-order valence-corrected chi connectivity index (χ4v) is 16.1. The maximum Gasteiger partial charge on any atom is 2.00 e. The van der Waals surface area contributed by atoms with E-state index >= 15 is 0 Å². The van der Waals surface area contributed by atoms with Crippen molar-refractivity contribution in [2.45, 2.75) is 158 Å².